The minimum atomic E-state index is -1.81. The number of hydrogen-bond donors (Lipinski definition) is 3. The van der Waals surface area contributed by atoms with Gasteiger partial charge in [0.1, 0.15) is 6.17 Å². The molecule has 0 aliphatic rings. The van der Waals surface area contributed by atoms with Gasteiger partial charge in [-0.2, -0.15) is 0 Å². The van der Waals surface area contributed by atoms with Crippen LogP contribution in [-0.2, 0) is 9.53 Å². The van der Waals surface area contributed by atoms with Crippen LogP contribution in [0.4, 0.5) is 5.69 Å². The van der Waals surface area contributed by atoms with Crippen molar-refractivity contribution >= 4 is 69.7 Å². The van der Waals surface area contributed by atoms with Gasteiger partial charge >= 0.3 is 5.97 Å². The van der Waals surface area contributed by atoms with E-state index in [1.165, 1.54) is 0 Å². The van der Waals surface area contributed by atoms with Crippen molar-refractivity contribution in [1.29, 1.82) is 0 Å². The Bertz CT molecular complexity index is 682. The first-order valence-corrected chi connectivity index (χ1v) is 10.9. The van der Waals surface area contributed by atoms with E-state index < -0.39 is 9.96 Å². The molecule has 0 fully saturated rings. The van der Waals surface area contributed by atoms with Crippen LogP contribution in [0.3, 0.4) is 0 Å². The van der Waals surface area contributed by atoms with E-state index in [-0.39, 0.29) is 17.0 Å². The summed E-state index contributed by atoms with van der Waals surface area (Å²) in [6.45, 7) is 4.40. The number of carbonyl (C=O) groups is 2. The van der Waals surface area contributed by atoms with Gasteiger partial charge in [-0.05, 0) is 49.3 Å². The Morgan fingerprint density at radius 1 is 1.07 bits per heavy atom. The number of anilines is 1. The normalized spacial score (nSPS) is 12.0. The molecule has 1 atom stereocenters. The van der Waals surface area contributed by atoms with E-state index in [0.717, 1.165) is 25.7 Å². The average molecular weight is 483 g/mol. The van der Waals surface area contributed by atoms with E-state index in [9.17, 15) is 9.59 Å². The van der Waals surface area contributed by atoms with Crippen LogP contribution >= 0.6 is 47.0 Å². The fourth-order valence-corrected chi connectivity index (χ4v) is 2.71. The number of ether oxygens (including phenoxy) is 1. The van der Waals surface area contributed by atoms with Crippen LogP contribution in [0.2, 0.25) is 0 Å². The van der Waals surface area contributed by atoms with E-state index in [4.69, 9.17) is 51.8 Å². The van der Waals surface area contributed by atoms with E-state index in [1.54, 1.807) is 24.3 Å². The van der Waals surface area contributed by atoms with Gasteiger partial charge in [0.2, 0.25) is 9.70 Å². The fourth-order valence-electron chi connectivity index (χ4n) is 2.15. The lowest BCUT2D eigenvalue weighted by Gasteiger charge is -2.27. The van der Waals surface area contributed by atoms with Crippen molar-refractivity contribution in [1.82, 2.24) is 10.6 Å². The average Bonchev–Trinajstić information content (AvgIpc) is 2.65. The number of alkyl halides is 3. The van der Waals surface area contributed by atoms with Gasteiger partial charge in [-0.25, -0.2) is 4.79 Å². The minimum Gasteiger partial charge on any atom is -0.462 e. The molecule has 0 unspecified atom stereocenters. The van der Waals surface area contributed by atoms with Crippen molar-refractivity contribution in [3.63, 3.8) is 0 Å². The van der Waals surface area contributed by atoms with Crippen molar-refractivity contribution < 1.29 is 14.3 Å². The summed E-state index contributed by atoms with van der Waals surface area (Å²) in [5, 5.41) is 8.48. The van der Waals surface area contributed by atoms with Gasteiger partial charge in [0, 0.05) is 12.1 Å². The van der Waals surface area contributed by atoms with Gasteiger partial charge in [-0.3, -0.25) is 4.79 Å². The van der Waals surface area contributed by atoms with Crippen molar-refractivity contribution in [2.45, 2.75) is 55.9 Å². The lowest BCUT2D eigenvalue weighted by molar-refractivity contribution is -0.122. The van der Waals surface area contributed by atoms with Crippen LogP contribution in [0, 0.1) is 0 Å². The third-order valence-electron chi connectivity index (χ3n) is 3.77. The number of halogens is 3. The Kier molecular flexibility index (Phi) is 11.6. The first-order valence-electron chi connectivity index (χ1n) is 9.38. The number of carbonyl (C=O) groups excluding carboxylic acids is 2. The molecule has 0 aliphatic heterocycles. The molecule has 1 amide bonds. The van der Waals surface area contributed by atoms with Gasteiger partial charge < -0.3 is 20.7 Å². The second-order valence-corrected chi connectivity index (χ2v) is 9.09. The van der Waals surface area contributed by atoms with Gasteiger partial charge in [-0.15, -0.1) is 0 Å². The molecular weight excluding hydrogens is 457 g/mol. The summed E-state index contributed by atoms with van der Waals surface area (Å²) in [4.78, 5) is 23.9. The third kappa shape index (κ3) is 10.3. The largest absolute Gasteiger partial charge is 0.462 e. The van der Waals surface area contributed by atoms with E-state index in [2.05, 4.69) is 16.0 Å². The van der Waals surface area contributed by atoms with Crippen LogP contribution < -0.4 is 16.0 Å². The molecule has 162 valence electrons. The molecule has 1 aromatic carbocycles. The quantitative estimate of drug-likeness (QED) is 0.144. The van der Waals surface area contributed by atoms with Crippen LogP contribution in [0.1, 0.15) is 56.3 Å². The fraction of sp³-hybridized carbons (Fsp3) is 0.526. The van der Waals surface area contributed by atoms with Crippen molar-refractivity contribution in [3.05, 3.63) is 29.8 Å². The zero-order chi connectivity index (χ0) is 21.9. The summed E-state index contributed by atoms with van der Waals surface area (Å²) in [7, 11) is 0. The summed E-state index contributed by atoms with van der Waals surface area (Å²) in [5.74, 6) is -0.624. The lowest BCUT2D eigenvalue weighted by atomic mass is 10.2. The number of benzene rings is 1. The van der Waals surface area contributed by atoms with Crippen molar-refractivity contribution in [2.24, 2.45) is 0 Å². The molecule has 29 heavy (non-hydrogen) atoms. The van der Waals surface area contributed by atoms with E-state index in [0.29, 0.717) is 24.3 Å². The molecule has 0 saturated carbocycles. The number of esters is 1. The van der Waals surface area contributed by atoms with Gasteiger partial charge in [-0.1, -0.05) is 61.5 Å². The zero-order valence-electron chi connectivity index (χ0n) is 16.4. The maximum absolute atomic E-state index is 12.0. The van der Waals surface area contributed by atoms with Crippen LogP contribution in [0.15, 0.2) is 24.3 Å². The van der Waals surface area contributed by atoms with Crippen LogP contribution in [0.25, 0.3) is 0 Å². The minimum absolute atomic E-state index is 0.149. The molecule has 1 aromatic rings. The van der Waals surface area contributed by atoms with Gasteiger partial charge in [0.05, 0.1) is 12.2 Å². The number of nitrogens with one attached hydrogen (secondary N) is 3. The van der Waals surface area contributed by atoms with Gasteiger partial charge in [0.25, 0.3) is 0 Å². The second kappa shape index (κ2) is 13.1. The predicted molar refractivity (Wildman–Crippen MR) is 123 cm³/mol. The highest BCUT2D eigenvalue weighted by Gasteiger charge is 2.34. The summed E-state index contributed by atoms with van der Waals surface area (Å²) in [5.41, 5.74) is 1.06. The Morgan fingerprint density at radius 3 is 2.24 bits per heavy atom. The lowest BCUT2D eigenvalue weighted by Crippen LogP contribution is -2.56. The van der Waals surface area contributed by atoms with Gasteiger partial charge in [0.15, 0.2) is 5.11 Å². The highest BCUT2D eigenvalue weighted by molar-refractivity contribution is 7.80. The predicted octanol–water partition coefficient (Wildman–Crippen LogP) is 4.93. The molecule has 0 saturated heterocycles. The maximum atomic E-state index is 12.0. The molecular formula is C19H26Cl3N3O3S. The highest BCUT2D eigenvalue weighted by atomic mass is 35.6. The molecule has 0 aliphatic carbocycles. The zero-order valence-corrected chi connectivity index (χ0v) is 19.5. The number of thiocarbonyl (C=S) groups is 1. The summed E-state index contributed by atoms with van der Waals surface area (Å²) in [6.07, 6.45) is 2.70. The third-order valence-corrected chi connectivity index (χ3v) is 4.65. The van der Waals surface area contributed by atoms with Crippen LogP contribution in [-0.4, -0.2) is 33.6 Å². The number of unbranched alkanes of at least 4 members (excludes halogenated alkanes) is 2. The first-order chi connectivity index (χ1) is 13.7. The molecule has 6 nitrogen and oxygen atoms in total. The number of amides is 1. The molecule has 0 heterocycles. The highest BCUT2D eigenvalue weighted by Crippen LogP contribution is 2.29. The SMILES string of the molecule is CCCCOC(=O)c1ccc(NC(=S)N[C@@H](NC(=O)CCCC)C(Cl)(Cl)Cl)cc1. The Hall–Kier alpha value is -1.28. The molecule has 0 bridgehead atoms. The smallest absolute Gasteiger partial charge is 0.338 e. The van der Waals surface area contributed by atoms with Crippen LogP contribution in [0.5, 0.6) is 0 Å². The number of hydrogen-bond acceptors (Lipinski definition) is 4. The topological polar surface area (TPSA) is 79.5 Å². The molecule has 0 radical (unpaired) electrons. The summed E-state index contributed by atoms with van der Waals surface area (Å²) < 4.78 is 3.36. The monoisotopic (exact) mass is 481 g/mol. The van der Waals surface area contributed by atoms with Crippen molar-refractivity contribution in [2.75, 3.05) is 11.9 Å². The van der Waals surface area contributed by atoms with E-state index in [1.807, 2.05) is 13.8 Å². The summed E-state index contributed by atoms with van der Waals surface area (Å²) in [6, 6.07) is 6.60. The Labute approximate surface area is 192 Å². The maximum Gasteiger partial charge on any atom is 0.338 e. The molecule has 10 heteroatoms. The number of rotatable bonds is 10. The first kappa shape index (κ1) is 25.8. The Morgan fingerprint density at radius 2 is 1.69 bits per heavy atom. The summed E-state index contributed by atoms with van der Waals surface area (Å²) >= 11 is 23.1. The Balaban J connectivity index is 2.64. The van der Waals surface area contributed by atoms with E-state index >= 15 is 0 Å². The molecule has 0 spiro atoms. The molecule has 1 rings (SSSR count). The molecule has 0 aromatic heterocycles. The molecule has 3 N–H and O–H groups in total. The standard InChI is InChI=1S/C19H26Cl3N3O3S/c1-3-5-7-15(26)24-17(19(20,21)22)25-18(29)23-14-10-8-13(9-11-14)16(27)28-12-6-4-2/h8-11,17H,3-7,12H2,1-2H3,(H,24,26)(H2,23,25,29)/t17-/m1/s1. The van der Waals surface area contributed by atoms with Crippen molar-refractivity contribution in [3.8, 4) is 0 Å². The second-order valence-electron chi connectivity index (χ2n) is 6.31.